The zero-order chi connectivity index (χ0) is 18.5. The van der Waals surface area contributed by atoms with Crippen LogP contribution in [0.15, 0.2) is 12.7 Å². The normalized spacial score (nSPS) is 10.4. The predicted molar refractivity (Wildman–Crippen MR) is 80.6 cm³/mol. The summed E-state index contributed by atoms with van der Waals surface area (Å²) in [6.07, 6.45) is 1.11. The van der Waals surface area contributed by atoms with Crippen molar-refractivity contribution in [2.45, 2.75) is 0 Å². The molecule has 0 aliphatic heterocycles. The van der Waals surface area contributed by atoms with Crippen molar-refractivity contribution in [2.75, 3.05) is 63.5 Å². The Balaban J connectivity index is -0.0000000921. The van der Waals surface area contributed by atoms with Gasteiger partial charge < -0.3 is 22.8 Å². The summed E-state index contributed by atoms with van der Waals surface area (Å²) >= 11 is 0. The Morgan fingerprint density at radius 3 is 1.10 bits per heavy atom. The summed E-state index contributed by atoms with van der Waals surface area (Å²) in [7, 11) is 13.1. The number of esters is 1. The molecule has 9 heteroatoms. The minimum absolute atomic E-state index is 0.394. The average molecular weight is 330 g/mol. The maximum absolute atomic E-state index is 9.84. The molecule has 0 aromatic heterocycles. The number of ether oxygens (including phenoxy) is 1. The van der Waals surface area contributed by atoms with Gasteiger partial charge in [0.2, 0.25) is 0 Å². The van der Waals surface area contributed by atoms with Crippen LogP contribution < -0.4 is 0 Å². The lowest BCUT2D eigenvalue weighted by Crippen LogP contribution is -2.27. The highest BCUT2D eigenvalue weighted by atomic mass is 32.3. The van der Waals surface area contributed by atoms with E-state index in [-0.39, 0.29) is 0 Å². The van der Waals surface area contributed by atoms with Crippen LogP contribution in [0.3, 0.4) is 0 Å². The van der Waals surface area contributed by atoms with Gasteiger partial charge in [0.25, 0.3) is 0 Å². The molecule has 0 aromatic carbocycles. The number of rotatable bonds is 1. The molecular weight excluding hydrogens is 300 g/mol. The number of carbonyl (C=O) groups is 1. The van der Waals surface area contributed by atoms with Crippen LogP contribution in [0.1, 0.15) is 0 Å². The third-order valence-corrected chi connectivity index (χ3v) is 0.368. The molecule has 0 fully saturated rings. The van der Waals surface area contributed by atoms with E-state index in [2.05, 4.69) is 67.7 Å². The highest BCUT2D eigenvalue weighted by molar-refractivity contribution is 7.79. The zero-order valence-electron chi connectivity index (χ0n) is 14.5. The summed E-state index contributed by atoms with van der Waals surface area (Å²) in [6, 6.07) is 0. The van der Waals surface area contributed by atoms with Gasteiger partial charge in [0, 0.05) is 16.5 Å². The van der Waals surface area contributed by atoms with E-state index in [4.69, 9.17) is 17.5 Å². The van der Waals surface area contributed by atoms with Crippen LogP contribution in [0.25, 0.3) is 0 Å². The number of hydrogen-bond donors (Lipinski definition) is 0. The van der Waals surface area contributed by atoms with Gasteiger partial charge in [-0.1, -0.05) is 6.58 Å². The molecule has 0 saturated carbocycles. The Hall–Kier alpha value is -1.00. The molecule has 0 spiro atoms. The Bertz CT molecular complexity index is 334. The third-order valence-electron chi connectivity index (χ3n) is 0.368. The lowest BCUT2D eigenvalue weighted by Gasteiger charge is -2.14. The number of nitrogens with zero attached hydrogens (tertiary/aromatic N) is 2. The van der Waals surface area contributed by atoms with Crippen molar-refractivity contribution in [2.24, 2.45) is 0 Å². The zero-order valence-corrected chi connectivity index (χ0v) is 15.4. The third kappa shape index (κ3) is 610. The molecule has 0 atom stereocenters. The SMILES string of the molecule is C=CC(=O)OC.C[N+](C)(C)C.C[N+](C)(C)C.O=S(=O)([O-])[O-]. The van der Waals surface area contributed by atoms with Gasteiger partial charge >= 0.3 is 5.97 Å². The second kappa shape index (κ2) is 12.7. The highest BCUT2D eigenvalue weighted by Gasteiger charge is 1.88. The number of quaternary nitrogens is 2. The smallest absolute Gasteiger partial charge is 0.329 e. The molecule has 0 aliphatic carbocycles. The predicted octanol–water partition coefficient (Wildman–Crippen LogP) is -0.348. The monoisotopic (exact) mass is 330 g/mol. The first-order chi connectivity index (χ1) is 8.81. The van der Waals surface area contributed by atoms with Crippen molar-refractivity contribution in [3.8, 4) is 0 Å². The first kappa shape index (κ1) is 28.2. The average Bonchev–Trinajstić information content (AvgIpc) is 2.08. The molecule has 21 heavy (non-hydrogen) atoms. The van der Waals surface area contributed by atoms with E-state index < -0.39 is 16.4 Å². The second-order valence-corrected chi connectivity index (χ2v) is 7.32. The fourth-order valence-electron chi connectivity index (χ4n) is 0.0833. The Morgan fingerprint density at radius 1 is 0.952 bits per heavy atom. The minimum atomic E-state index is -5.17. The van der Waals surface area contributed by atoms with Crippen LogP contribution in [0.2, 0.25) is 0 Å². The summed E-state index contributed by atoms with van der Waals surface area (Å²) in [6.45, 7) is 3.16. The van der Waals surface area contributed by atoms with Crippen LogP contribution in [-0.2, 0) is 19.9 Å². The maximum Gasteiger partial charge on any atom is 0.329 e. The molecule has 0 aromatic rings. The standard InChI is InChI=1S/2C4H12N.C4H6O2.H2O4S/c2*1-5(2,3)4;1-3-4(5)6-2;1-5(2,3)4/h2*1-4H3;3H,1H2,2H3;(H2,1,2,3,4)/q2*+1;;/p-2. The van der Waals surface area contributed by atoms with E-state index in [1.165, 1.54) is 7.11 Å². The largest absolute Gasteiger partial charge is 0.759 e. The Kier molecular flexibility index (Phi) is 17.1. The molecule has 0 aliphatic rings. The molecule has 0 radical (unpaired) electrons. The fourth-order valence-corrected chi connectivity index (χ4v) is 0.0833. The van der Waals surface area contributed by atoms with Crippen LogP contribution in [0.4, 0.5) is 0 Å². The van der Waals surface area contributed by atoms with E-state index in [9.17, 15) is 4.79 Å². The summed E-state index contributed by atoms with van der Waals surface area (Å²) in [5.41, 5.74) is 0. The van der Waals surface area contributed by atoms with Crippen molar-refractivity contribution in [3.05, 3.63) is 12.7 Å². The summed E-state index contributed by atoms with van der Waals surface area (Å²) in [5, 5.41) is 0. The van der Waals surface area contributed by atoms with Crippen LogP contribution in [0.5, 0.6) is 0 Å². The molecule has 0 saturated heterocycles. The van der Waals surface area contributed by atoms with Crippen LogP contribution in [0, 0.1) is 0 Å². The van der Waals surface area contributed by atoms with Crippen molar-refractivity contribution in [3.63, 3.8) is 0 Å². The molecule has 0 bridgehead atoms. The van der Waals surface area contributed by atoms with Crippen molar-refractivity contribution in [1.29, 1.82) is 0 Å². The van der Waals surface area contributed by atoms with Crippen molar-refractivity contribution < 1.29 is 36.0 Å². The van der Waals surface area contributed by atoms with Crippen LogP contribution in [-0.4, -0.2) is 95.9 Å². The lowest BCUT2D eigenvalue weighted by molar-refractivity contribution is -0.849. The number of carbonyl (C=O) groups excluding carboxylic acids is 1. The van der Waals surface area contributed by atoms with Gasteiger partial charge in [0.05, 0.1) is 63.5 Å². The molecule has 0 amide bonds. The van der Waals surface area contributed by atoms with Crippen LogP contribution >= 0.6 is 0 Å². The van der Waals surface area contributed by atoms with E-state index in [0.29, 0.717) is 0 Å². The molecule has 0 N–H and O–H groups in total. The maximum atomic E-state index is 9.84. The van der Waals surface area contributed by atoms with E-state index in [0.717, 1.165) is 15.0 Å². The molecule has 0 heterocycles. The first-order valence-corrected chi connectivity index (χ1v) is 7.09. The second-order valence-electron chi connectivity index (χ2n) is 6.50. The minimum Gasteiger partial charge on any atom is -0.759 e. The highest BCUT2D eigenvalue weighted by Crippen LogP contribution is 1.74. The Morgan fingerprint density at radius 2 is 1.10 bits per heavy atom. The lowest BCUT2D eigenvalue weighted by atomic mass is 10.7. The van der Waals surface area contributed by atoms with Gasteiger partial charge in [0.15, 0.2) is 0 Å². The number of methoxy groups -OCH3 is 1. The summed E-state index contributed by atoms with van der Waals surface area (Å²) in [5.74, 6) is -0.394. The molecule has 130 valence electrons. The van der Waals surface area contributed by atoms with Gasteiger partial charge in [-0.15, -0.1) is 0 Å². The summed E-state index contributed by atoms with van der Waals surface area (Å²) < 4.78 is 40.2. The molecular formula is C12H30N2O6S. The summed E-state index contributed by atoms with van der Waals surface area (Å²) in [4.78, 5) is 9.84. The van der Waals surface area contributed by atoms with Gasteiger partial charge in [-0.3, -0.25) is 8.42 Å². The quantitative estimate of drug-likeness (QED) is 0.214. The topological polar surface area (TPSA) is 107 Å². The first-order valence-electron chi connectivity index (χ1n) is 5.76. The molecule has 0 unspecified atom stereocenters. The van der Waals surface area contributed by atoms with Gasteiger partial charge in [-0.25, -0.2) is 4.79 Å². The van der Waals surface area contributed by atoms with Gasteiger partial charge in [0.1, 0.15) is 0 Å². The fraction of sp³-hybridized carbons (Fsp3) is 0.750. The van der Waals surface area contributed by atoms with E-state index in [1.54, 1.807) is 0 Å². The van der Waals surface area contributed by atoms with Gasteiger partial charge in [-0.05, 0) is 0 Å². The van der Waals surface area contributed by atoms with Gasteiger partial charge in [-0.2, -0.15) is 0 Å². The Labute approximate surface area is 129 Å². The number of hydrogen-bond acceptors (Lipinski definition) is 6. The molecule has 8 nitrogen and oxygen atoms in total. The van der Waals surface area contributed by atoms with E-state index >= 15 is 0 Å². The molecule has 0 rings (SSSR count). The van der Waals surface area contributed by atoms with Crippen molar-refractivity contribution in [1.82, 2.24) is 0 Å². The van der Waals surface area contributed by atoms with Crippen molar-refractivity contribution >= 4 is 16.4 Å². The van der Waals surface area contributed by atoms with E-state index in [1.807, 2.05) is 0 Å².